The van der Waals surface area contributed by atoms with E-state index in [1.165, 1.54) is 6.20 Å². The quantitative estimate of drug-likeness (QED) is 0.731. The molecule has 1 aromatic carbocycles. The molecule has 0 bridgehead atoms. The number of fused-ring (bicyclic) bond motifs is 1. The van der Waals surface area contributed by atoms with Gasteiger partial charge in [0.1, 0.15) is 5.75 Å². The molecule has 1 saturated heterocycles. The lowest BCUT2D eigenvalue weighted by molar-refractivity contribution is 0.122. The van der Waals surface area contributed by atoms with Crippen molar-refractivity contribution in [1.82, 2.24) is 15.0 Å². The van der Waals surface area contributed by atoms with Gasteiger partial charge < -0.3 is 24.7 Å². The second kappa shape index (κ2) is 7.17. The van der Waals surface area contributed by atoms with E-state index in [-0.39, 0.29) is 0 Å². The monoisotopic (exact) mass is 357 g/mol. The number of morpholine rings is 1. The third-order valence-electron chi connectivity index (χ3n) is 4.36. The molecule has 1 aliphatic heterocycles. The second-order valence-electron chi connectivity index (χ2n) is 6.07. The van der Waals surface area contributed by atoms with Crippen LogP contribution in [0.4, 0.5) is 16.2 Å². The summed E-state index contributed by atoms with van der Waals surface area (Å²) in [6, 6.07) is 7.90. The lowest BCUT2D eigenvalue weighted by atomic mass is 10.2. The van der Waals surface area contributed by atoms with Crippen molar-refractivity contribution >= 4 is 22.7 Å². The molecule has 0 amide bonds. The molecule has 7 nitrogen and oxygen atoms in total. The molecule has 2 N–H and O–H groups in total. The number of nitrogens with zero attached hydrogens (tertiary/aromatic N) is 3. The third kappa shape index (κ3) is 3.41. The minimum absolute atomic E-state index is 0.312. The lowest BCUT2D eigenvalue weighted by Crippen LogP contribution is -2.37. The van der Waals surface area contributed by atoms with E-state index in [2.05, 4.69) is 20.3 Å². The van der Waals surface area contributed by atoms with E-state index in [4.69, 9.17) is 9.47 Å². The summed E-state index contributed by atoms with van der Waals surface area (Å²) in [5.41, 5.74) is 2.01. The van der Waals surface area contributed by atoms with Crippen molar-refractivity contribution in [2.75, 3.05) is 43.6 Å². The summed E-state index contributed by atoms with van der Waals surface area (Å²) in [6.07, 6.45) is 1.20. The Hall–Kier alpha value is -2.87. The van der Waals surface area contributed by atoms with Crippen LogP contribution in [0.15, 0.2) is 30.5 Å². The van der Waals surface area contributed by atoms with Crippen molar-refractivity contribution in [1.29, 1.82) is 0 Å². The van der Waals surface area contributed by atoms with Crippen LogP contribution in [0.2, 0.25) is 0 Å². The van der Waals surface area contributed by atoms with Crippen LogP contribution in [0.1, 0.15) is 5.69 Å². The molecule has 26 heavy (non-hydrogen) atoms. The molecule has 3 aromatic rings. The summed E-state index contributed by atoms with van der Waals surface area (Å²) >= 11 is 0. The van der Waals surface area contributed by atoms with E-state index in [1.807, 2.05) is 29.2 Å². The number of halogens is 1. The molecule has 0 aliphatic carbocycles. The van der Waals surface area contributed by atoms with Gasteiger partial charge in [-0.05, 0) is 24.3 Å². The van der Waals surface area contributed by atoms with Crippen LogP contribution < -0.4 is 15.0 Å². The summed E-state index contributed by atoms with van der Waals surface area (Å²) in [5.74, 6) is 1.10. The number of hydrogen-bond acceptors (Lipinski definition) is 6. The first-order valence-corrected chi connectivity index (χ1v) is 8.47. The number of aromatic amines is 1. The fourth-order valence-corrected chi connectivity index (χ4v) is 3.01. The van der Waals surface area contributed by atoms with Crippen molar-refractivity contribution in [2.45, 2.75) is 6.54 Å². The van der Waals surface area contributed by atoms with E-state index in [1.54, 1.807) is 7.11 Å². The molecule has 4 rings (SSSR count). The van der Waals surface area contributed by atoms with E-state index in [9.17, 15) is 4.39 Å². The molecule has 0 spiro atoms. The zero-order chi connectivity index (χ0) is 17.9. The van der Waals surface area contributed by atoms with Gasteiger partial charge in [0.25, 0.3) is 0 Å². The Morgan fingerprint density at radius 1 is 1.31 bits per heavy atom. The van der Waals surface area contributed by atoms with Gasteiger partial charge in [-0.1, -0.05) is 0 Å². The molecule has 0 unspecified atom stereocenters. The predicted molar refractivity (Wildman–Crippen MR) is 97.2 cm³/mol. The van der Waals surface area contributed by atoms with Crippen LogP contribution in [0.5, 0.6) is 5.75 Å². The molecule has 136 valence electrons. The molecular formula is C18H20FN5O2. The van der Waals surface area contributed by atoms with Crippen molar-refractivity contribution in [3.63, 3.8) is 0 Å². The molecule has 3 heterocycles. The minimum Gasteiger partial charge on any atom is -0.497 e. The first kappa shape index (κ1) is 16.6. The fourth-order valence-electron chi connectivity index (χ4n) is 3.01. The van der Waals surface area contributed by atoms with E-state index < -0.39 is 5.82 Å². The Balaban J connectivity index is 1.49. The average Bonchev–Trinajstić information content (AvgIpc) is 3.10. The van der Waals surface area contributed by atoms with Gasteiger partial charge in [-0.15, -0.1) is 0 Å². The van der Waals surface area contributed by atoms with Crippen LogP contribution >= 0.6 is 0 Å². The summed E-state index contributed by atoms with van der Waals surface area (Å²) in [7, 11) is 1.65. The normalized spacial score (nSPS) is 14.6. The first-order valence-electron chi connectivity index (χ1n) is 8.47. The number of ether oxygens (including phenoxy) is 2. The van der Waals surface area contributed by atoms with Crippen LogP contribution in [0.3, 0.4) is 0 Å². The van der Waals surface area contributed by atoms with Gasteiger partial charge in [-0.2, -0.15) is 4.98 Å². The topological polar surface area (TPSA) is 75.3 Å². The summed E-state index contributed by atoms with van der Waals surface area (Å²) in [6.45, 7) is 2.90. The number of rotatable bonds is 5. The Morgan fingerprint density at radius 2 is 2.15 bits per heavy atom. The maximum atomic E-state index is 14.1. The highest BCUT2D eigenvalue weighted by Crippen LogP contribution is 2.22. The number of nitrogens with one attached hydrogen (secondary N) is 2. The molecule has 1 fully saturated rings. The standard InChI is InChI=1S/C18H20FN5O2/c1-25-14-2-3-16-12(9-14)8-13(22-16)10-20-18-21-11-15(19)17(23-18)24-4-6-26-7-5-24/h2-3,8-9,11,22H,4-7,10H2,1H3,(H,20,21,23). The maximum Gasteiger partial charge on any atom is 0.225 e. The van der Waals surface area contributed by atoms with Gasteiger partial charge in [0, 0.05) is 29.7 Å². The Bertz CT molecular complexity index is 908. The van der Waals surface area contributed by atoms with E-state index >= 15 is 0 Å². The number of benzene rings is 1. The predicted octanol–water partition coefficient (Wildman–Crippen LogP) is 2.55. The molecular weight excluding hydrogens is 337 g/mol. The summed E-state index contributed by atoms with van der Waals surface area (Å²) in [4.78, 5) is 13.6. The zero-order valence-corrected chi connectivity index (χ0v) is 14.5. The third-order valence-corrected chi connectivity index (χ3v) is 4.36. The zero-order valence-electron chi connectivity index (χ0n) is 14.5. The van der Waals surface area contributed by atoms with Crippen molar-refractivity contribution in [3.05, 3.63) is 42.0 Å². The van der Waals surface area contributed by atoms with Gasteiger partial charge in [0.2, 0.25) is 5.95 Å². The average molecular weight is 357 g/mol. The molecule has 8 heteroatoms. The Morgan fingerprint density at radius 3 is 2.96 bits per heavy atom. The van der Waals surface area contributed by atoms with Crippen LogP contribution in [0, 0.1) is 5.82 Å². The highest BCUT2D eigenvalue weighted by atomic mass is 19.1. The molecule has 0 atom stereocenters. The van der Waals surface area contributed by atoms with Crippen molar-refractivity contribution < 1.29 is 13.9 Å². The molecule has 2 aromatic heterocycles. The summed E-state index contributed by atoms with van der Waals surface area (Å²) < 4.78 is 24.6. The van der Waals surface area contributed by atoms with Crippen LogP contribution in [0.25, 0.3) is 10.9 Å². The lowest BCUT2D eigenvalue weighted by Gasteiger charge is -2.28. The van der Waals surface area contributed by atoms with E-state index in [0.717, 1.165) is 22.3 Å². The summed E-state index contributed by atoms with van der Waals surface area (Å²) in [5, 5.41) is 4.21. The van der Waals surface area contributed by atoms with Gasteiger partial charge >= 0.3 is 0 Å². The molecule has 0 saturated carbocycles. The Labute approximate surface area is 150 Å². The number of methoxy groups -OCH3 is 1. The number of aromatic nitrogens is 3. The van der Waals surface area contributed by atoms with Crippen LogP contribution in [-0.2, 0) is 11.3 Å². The highest BCUT2D eigenvalue weighted by Gasteiger charge is 2.17. The number of hydrogen-bond donors (Lipinski definition) is 2. The minimum atomic E-state index is -0.421. The Kier molecular flexibility index (Phi) is 4.57. The van der Waals surface area contributed by atoms with Crippen molar-refractivity contribution in [2.24, 2.45) is 0 Å². The van der Waals surface area contributed by atoms with Crippen LogP contribution in [-0.4, -0.2) is 48.4 Å². The van der Waals surface area contributed by atoms with Crippen molar-refractivity contribution in [3.8, 4) is 5.75 Å². The fraction of sp³-hybridized carbons (Fsp3) is 0.333. The second-order valence-corrected chi connectivity index (χ2v) is 6.07. The highest BCUT2D eigenvalue weighted by molar-refractivity contribution is 5.82. The SMILES string of the molecule is COc1ccc2[nH]c(CNc3ncc(F)c(N4CCOCC4)n3)cc2c1. The number of H-pyrrole nitrogens is 1. The first-order chi connectivity index (χ1) is 12.7. The maximum absolute atomic E-state index is 14.1. The molecule has 1 aliphatic rings. The number of anilines is 2. The van der Waals surface area contributed by atoms with Gasteiger partial charge in [-0.25, -0.2) is 9.37 Å². The molecule has 0 radical (unpaired) electrons. The van der Waals surface area contributed by atoms with Gasteiger partial charge in [0.05, 0.1) is 33.1 Å². The van der Waals surface area contributed by atoms with Gasteiger partial charge in [-0.3, -0.25) is 0 Å². The smallest absolute Gasteiger partial charge is 0.225 e. The largest absolute Gasteiger partial charge is 0.497 e. The van der Waals surface area contributed by atoms with Gasteiger partial charge in [0.15, 0.2) is 11.6 Å². The van der Waals surface area contributed by atoms with E-state index in [0.29, 0.717) is 44.6 Å².